The minimum Gasteiger partial charge on any atom is -0.353 e. The summed E-state index contributed by atoms with van der Waals surface area (Å²) in [6.07, 6.45) is 1.66. The fraction of sp³-hybridized carbons (Fsp3) is 0.300. The van der Waals surface area contributed by atoms with Gasteiger partial charge in [0, 0.05) is 18.4 Å². The third-order valence-electron chi connectivity index (χ3n) is 4.74. The largest absolute Gasteiger partial charge is 0.353 e. The molecule has 0 saturated carbocycles. The molecule has 0 radical (unpaired) electrons. The molecule has 126 valence electrons. The van der Waals surface area contributed by atoms with E-state index in [9.17, 15) is 0 Å². The number of rotatable bonds is 3. The molecule has 4 aromatic rings. The molecule has 1 aliphatic heterocycles. The fourth-order valence-corrected chi connectivity index (χ4v) is 3.55. The third-order valence-corrected chi connectivity index (χ3v) is 4.74. The quantitative estimate of drug-likeness (QED) is 0.571. The smallest absolute Gasteiger partial charge is 0.160 e. The van der Waals surface area contributed by atoms with Crippen molar-refractivity contribution in [1.29, 1.82) is 0 Å². The molecule has 0 aliphatic carbocycles. The van der Waals surface area contributed by atoms with E-state index < -0.39 is 0 Å². The van der Waals surface area contributed by atoms with Crippen molar-refractivity contribution in [1.82, 2.24) is 14.5 Å². The predicted molar refractivity (Wildman–Crippen MR) is 97.5 cm³/mol. The van der Waals surface area contributed by atoms with Crippen LogP contribution < -0.4 is 0 Å². The Kier molecular flexibility index (Phi) is 3.61. The highest BCUT2D eigenvalue weighted by atomic mass is 16.7. The first-order valence-electron chi connectivity index (χ1n) is 8.77. The van der Waals surface area contributed by atoms with E-state index in [0.29, 0.717) is 0 Å². The number of benzene rings is 2. The second-order valence-electron chi connectivity index (χ2n) is 6.37. The standard InChI is InChI=1S/C20H19N3O2/c1-4-9-17-14(6-1)19-20(22-16-8-3-2-7-15(16)21-19)23(17)11-10-18-24-12-5-13-25-18/h1-4,6-9,18H,5,10-13H2. The normalized spacial score (nSPS) is 16.2. The zero-order valence-corrected chi connectivity index (χ0v) is 13.9. The Balaban J connectivity index is 1.64. The van der Waals surface area contributed by atoms with Crippen LogP contribution in [-0.4, -0.2) is 34.0 Å². The average molecular weight is 333 g/mol. The molecule has 0 N–H and O–H groups in total. The average Bonchev–Trinajstić information content (AvgIpc) is 2.98. The topological polar surface area (TPSA) is 49.2 Å². The van der Waals surface area contributed by atoms with Gasteiger partial charge in [-0.05, 0) is 24.6 Å². The number of fused-ring (bicyclic) bond motifs is 4. The van der Waals surface area contributed by atoms with Gasteiger partial charge in [0.05, 0.1) is 29.8 Å². The van der Waals surface area contributed by atoms with Crippen LogP contribution in [0.1, 0.15) is 12.8 Å². The summed E-state index contributed by atoms with van der Waals surface area (Å²) < 4.78 is 13.6. The monoisotopic (exact) mass is 333 g/mol. The van der Waals surface area contributed by atoms with E-state index in [-0.39, 0.29) is 6.29 Å². The van der Waals surface area contributed by atoms with Crippen molar-refractivity contribution in [3.8, 4) is 0 Å². The van der Waals surface area contributed by atoms with Gasteiger partial charge >= 0.3 is 0 Å². The van der Waals surface area contributed by atoms with Crippen LogP contribution in [0.5, 0.6) is 0 Å². The van der Waals surface area contributed by atoms with E-state index in [0.717, 1.165) is 65.7 Å². The van der Waals surface area contributed by atoms with Gasteiger partial charge in [-0.15, -0.1) is 0 Å². The Labute approximate surface area is 145 Å². The second-order valence-corrected chi connectivity index (χ2v) is 6.37. The van der Waals surface area contributed by atoms with Crippen molar-refractivity contribution in [2.75, 3.05) is 13.2 Å². The van der Waals surface area contributed by atoms with Crippen LogP contribution in [0.3, 0.4) is 0 Å². The molecule has 5 heteroatoms. The van der Waals surface area contributed by atoms with Crippen molar-refractivity contribution in [3.05, 3.63) is 48.5 Å². The van der Waals surface area contributed by atoms with Crippen LogP contribution in [0.2, 0.25) is 0 Å². The Morgan fingerprint density at radius 3 is 2.48 bits per heavy atom. The molecule has 0 amide bonds. The molecular formula is C20H19N3O2. The molecule has 0 spiro atoms. The lowest BCUT2D eigenvalue weighted by Crippen LogP contribution is -2.26. The molecule has 1 aliphatic rings. The van der Waals surface area contributed by atoms with Crippen LogP contribution in [0.4, 0.5) is 0 Å². The van der Waals surface area contributed by atoms with Crippen molar-refractivity contribution in [3.63, 3.8) is 0 Å². The Morgan fingerprint density at radius 2 is 1.64 bits per heavy atom. The van der Waals surface area contributed by atoms with E-state index in [1.54, 1.807) is 0 Å². The van der Waals surface area contributed by atoms with Crippen LogP contribution in [0.25, 0.3) is 33.1 Å². The maximum absolute atomic E-state index is 5.70. The molecule has 0 bridgehead atoms. The number of aryl methyl sites for hydroxylation is 1. The third kappa shape index (κ3) is 2.56. The van der Waals surface area contributed by atoms with Gasteiger partial charge < -0.3 is 14.0 Å². The predicted octanol–water partition coefficient (Wildman–Crippen LogP) is 3.89. The number of para-hydroxylation sites is 3. The first-order chi connectivity index (χ1) is 12.4. The highest BCUT2D eigenvalue weighted by Crippen LogP contribution is 2.28. The summed E-state index contributed by atoms with van der Waals surface area (Å²) in [6.45, 7) is 2.35. The van der Waals surface area contributed by atoms with Crippen molar-refractivity contribution in [2.45, 2.75) is 25.7 Å². The first-order valence-corrected chi connectivity index (χ1v) is 8.77. The number of hydrogen-bond donors (Lipinski definition) is 0. The molecule has 1 saturated heterocycles. The Bertz CT molecular complexity index is 1050. The number of aromatic nitrogens is 3. The zero-order chi connectivity index (χ0) is 16.6. The van der Waals surface area contributed by atoms with Gasteiger partial charge in [0.25, 0.3) is 0 Å². The van der Waals surface area contributed by atoms with Gasteiger partial charge in [0.2, 0.25) is 0 Å². The molecule has 0 unspecified atom stereocenters. The maximum Gasteiger partial charge on any atom is 0.160 e. The highest BCUT2D eigenvalue weighted by molar-refractivity contribution is 6.06. The molecule has 2 aromatic heterocycles. The van der Waals surface area contributed by atoms with Gasteiger partial charge in [0.1, 0.15) is 5.52 Å². The number of nitrogens with zero attached hydrogens (tertiary/aromatic N) is 3. The maximum atomic E-state index is 5.70. The fourth-order valence-electron chi connectivity index (χ4n) is 3.55. The van der Waals surface area contributed by atoms with Gasteiger partial charge in [-0.2, -0.15) is 0 Å². The number of ether oxygens (including phenoxy) is 2. The summed E-state index contributed by atoms with van der Waals surface area (Å²) in [7, 11) is 0. The van der Waals surface area contributed by atoms with Gasteiger partial charge in [-0.3, -0.25) is 0 Å². The summed E-state index contributed by atoms with van der Waals surface area (Å²) in [6, 6.07) is 16.4. The zero-order valence-electron chi connectivity index (χ0n) is 13.9. The summed E-state index contributed by atoms with van der Waals surface area (Å²) in [5.74, 6) is 0. The molecule has 0 atom stereocenters. The molecule has 2 aromatic carbocycles. The lowest BCUT2D eigenvalue weighted by atomic mass is 10.2. The van der Waals surface area contributed by atoms with Crippen molar-refractivity contribution in [2.24, 2.45) is 0 Å². The molecule has 25 heavy (non-hydrogen) atoms. The van der Waals surface area contributed by atoms with E-state index in [1.807, 2.05) is 24.3 Å². The summed E-state index contributed by atoms with van der Waals surface area (Å²) in [4.78, 5) is 9.77. The van der Waals surface area contributed by atoms with Crippen LogP contribution in [0.15, 0.2) is 48.5 Å². The number of hydrogen-bond acceptors (Lipinski definition) is 4. The van der Waals surface area contributed by atoms with E-state index in [1.165, 1.54) is 0 Å². The second kappa shape index (κ2) is 6.10. The minimum absolute atomic E-state index is 0.127. The van der Waals surface area contributed by atoms with Crippen LogP contribution >= 0.6 is 0 Å². The van der Waals surface area contributed by atoms with E-state index in [2.05, 4.69) is 28.8 Å². The summed E-state index contributed by atoms with van der Waals surface area (Å²) in [5, 5.41) is 1.14. The van der Waals surface area contributed by atoms with Gasteiger partial charge in [-0.1, -0.05) is 30.3 Å². The Morgan fingerprint density at radius 1 is 0.920 bits per heavy atom. The van der Waals surface area contributed by atoms with Crippen LogP contribution in [-0.2, 0) is 16.0 Å². The summed E-state index contributed by atoms with van der Waals surface area (Å²) >= 11 is 0. The molecule has 3 heterocycles. The lowest BCUT2D eigenvalue weighted by Gasteiger charge is -2.23. The van der Waals surface area contributed by atoms with Gasteiger partial charge in [0.15, 0.2) is 11.9 Å². The van der Waals surface area contributed by atoms with Crippen LogP contribution in [0, 0.1) is 0 Å². The van der Waals surface area contributed by atoms with Gasteiger partial charge in [-0.25, -0.2) is 9.97 Å². The van der Waals surface area contributed by atoms with E-state index in [4.69, 9.17) is 19.4 Å². The Hall–Kier alpha value is -2.50. The summed E-state index contributed by atoms with van der Waals surface area (Å²) in [5.41, 5.74) is 4.89. The molecule has 5 nitrogen and oxygen atoms in total. The first kappa shape index (κ1) is 14.8. The van der Waals surface area contributed by atoms with E-state index >= 15 is 0 Å². The lowest BCUT2D eigenvalue weighted by molar-refractivity contribution is -0.182. The molecular weight excluding hydrogens is 314 g/mol. The van der Waals surface area contributed by atoms with Crippen molar-refractivity contribution >= 4 is 33.1 Å². The van der Waals surface area contributed by atoms with Crippen molar-refractivity contribution < 1.29 is 9.47 Å². The highest BCUT2D eigenvalue weighted by Gasteiger charge is 2.18. The SMILES string of the molecule is c1ccc2nc3c(nc2c1)c1ccccc1n3CCC1OCCCO1. The minimum atomic E-state index is -0.127. The molecule has 5 rings (SSSR count). The molecule has 1 fully saturated rings.